The largest absolute Gasteiger partial charge is 0.455 e. The normalized spacial score (nSPS) is 11.8. The van der Waals surface area contributed by atoms with Crippen molar-refractivity contribution >= 4 is 21.9 Å². The number of fused-ring (bicyclic) bond motifs is 3. The second-order valence-corrected chi connectivity index (χ2v) is 23.6. The molecule has 0 aliphatic carbocycles. The van der Waals surface area contributed by atoms with Crippen LogP contribution in [0.15, 0.2) is 283 Å². The Labute approximate surface area is 477 Å². The van der Waals surface area contributed by atoms with Crippen LogP contribution in [0.1, 0.15) is 52.7 Å². The predicted molar refractivity (Wildman–Crippen MR) is 345 cm³/mol. The maximum absolute atomic E-state index is 7.63. The third kappa shape index (κ3) is 9.91. The van der Waals surface area contributed by atoms with Crippen LogP contribution in [-0.4, -0.2) is 0 Å². The zero-order valence-electron chi connectivity index (χ0n) is 47.0. The first-order valence-electron chi connectivity index (χ1n) is 28.4. The van der Waals surface area contributed by atoms with Gasteiger partial charge >= 0.3 is 0 Å². The molecule has 1 aromatic heterocycles. The van der Waals surface area contributed by atoms with Gasteiger partial charge in [-0.3, -0.25) is 0 Å². The molecule has 0 fully saturated rings. The first kappa shape index (κ1) is 50.9. The summed E-state index contributed by atoms with van der Waals surface area (Å²) in [4.78, 5) is 0. The Kier molecular flexibility index (Phi) is 13.1. The molecule has 0 saturated carbocycles. The van der Waals surface area contributed by atoms with Gasteiger partial charge in [0.1, 0.15) is 11.2 Å². The van der Waals surface area contributed by atoms with Gasteiger partial charge in [0.2, 0.25) is 0 Å². The van der Waals surface area contributed by atoms with Crippen molar-refractivity contribution in [2.75, 3.05) is 0 Å². The monoisotopic (exact) mass is 1040 g/mol. The molecular formula is C80H64O. The second kappa shape index (κ2) is 20.9. The topological polar surface area (TPSA) is 13.1 Å². The Morgan fingerprint density at radius 3 is 0.691 bits per heavy atom. The molecule has 12 aromatic carbocycles. The number of benzene rings is 12. The lowest BCUT2D eigenvalue weighted by molar-refractivity contribution is 0.590. The number of hydrogen-bond acceptors (Lipinski definition) is 1. The standard InChI is InChI=1S/C80H64O/c1-79(2,3)63-49-73(71-41-25-23-39-69(71)67-37-21-19-35-65(67)61-45-57(53-27-11-7-12-28-53)43-58(46-61)54-29-13-8-14-30-54)77-75(51-63)76-52-64(80(4,5)6)50-74(78(76)81-77)72-42-26-24-40-70(72)68-38-22-20-36-66(68)62-47-59(55-31-15-9-16-32-55)44-60(48-62)56-33-17-10-18-34-56/h7-52H,1-6H3. The highest BCUT2D eigenvalue weighted by Crippen LogP contribution is 2.50. The molecule has 0 bridgehead atoms. The van der Waals surface area contributed by atoms with Gasteiger partial charge in [-0.05, 0) is 183 Å². The van der Waals surface area contributed by atoms with Crippen molar-refractivity contribution in [2.24, 2.45) is 0 Å². The predicted octanol–water partition coefficient (Wildman–Crippen LogP) is 22.9. The first-order valence-corrected chi connectivity index (χ1v) is 28.4. The van der Waals surface area contributed by atoms with Crippen LogP contribution in [0.3, 0.4) is 0 Å². The summed E-state index contributed by atoms with van der Waals surface area (Å²) in [5.74, 6) is 0. The van der Waals surface area contributed by atoms with E-state index in [0.717, 1.165) is 77.6 Å². The van der Waals surface area contributed by atoms with E-state index >= 15 is 0 Å². The van der Waals surface area contributed by atoms with Crippen molar-refractivity contribution < 1.29 is 4.42 Å². The SMILES string of the molecule is CC(C)(C)c1cc(-c2ccccc2-c2ccccc2-c2cc(-c3ccccc3)cc(-c3ccccc3)c2)c2oc3c(-c4ccccc4-c4ccccc4-c4cc(-c5ccccc5)cc(-c5ccccc5)c4)cc(C(C)(C)C)cc3c2c1. The summed E-state index contributed by atoms with van der Waals surface area (Å²) < 4.78 is 7.63. The minimum atomic E-state index is -0.163. The lowest BCUT2D eigenvalue weighted by Crippen LogP contribution is -2.11. The van der Waals surface area contributed by atoms with Gasteiger partial charge in [-0.25, -0.2) is 0 Å². The van der Waals surface area contributed by atoms with Crippen molar-refractivity contribution in [2.45, 2.75) is 52.4 Å². The van der Waals surface area contributed by atoms with Gasteiger partial charge in [-0.15, -0.1) is 0 Å². The summed E-state index contributed by atoms with van der Waals surface area (Å²) in [7, 11) is 0. The van der Waals surface area contributed by atoms with Gasteiger partial charge < -0.3 is 4.42 Å². The highest BCUT2D eigenvalue weighted by atomic mass is 16.3. The summed E-state index contributed by atoms with van der Waals surface area (Å²) in [6.45, 7) is 13.9. The molecule has 0 amide bonds. The third-order valence-corrected chi connectivity index (χ3v) is 16.2. The quantitative estimate of drug-likeness (QED) is 0.133. The molecule has 13 rings (SSSR count). The molecule has 1 heteroatoms. The summed E-state index contributed by atoms with van der Waals surface area (Å²) in [6.07, 6.45) is 0. The van der Waals surface area contributed by atoms with Crippen LogP contribution in [0.25, 0.3) is 133 Å². The Hall–Kier alpha value is -9.56. The molecule has 0 radical (unpaired) electrons. The van der Waals surface area contributed by atoms with E-state index in [2.05, 4.69) is 321 Å². The lowest BCUT2D eigenvalue weighted by Gasteiger charge is -2.22. The minimum absolute atomic E-state index is 0.163. The smallest absolute Gasteiger partial charge is 0.143 e. The summed E-state index contributed by atoms with van der Waals surface area (Å²) >= 11 is 0. The van der Waals surface area contributed by atoms with Gasteiger partial charge in [0.05, 0.1) is 0 Å². The summed E-state index contributed by atoms with van der Waals surface area (Å²) in [5, 5.41) is 2.24. The highest BCUT2D eigenvalue weighted by molar-refractivity contribution is 6.15. The lowest BCUT2D eigenvalue weighted by atomic mass is 9.81. The molecule has 0 N–H and O–H groups in total. The first-order chi connectivity index (χ1) is 39.4. The minimum Gasteiger partial charge on any atom is -0.455 e. The molecule has 1 heterocycles. The molecule has 0 atom stereocenters. The second-order valence-electron chi connectivity index (χ2n) is 23.6. The average Bonchev–Trinajstić information content (AvgIpc) is 4.10. The zero-order valence-corrected chi connectivity index (χ0v) is 47.0. The fourth-order valence-electron chi connectivity index (χ4n) is 11.8. The maximum atomic E-state index is 7.63. The molecule has 0 spiro atoms. The average molecular weight is 1040 g/mol. The van der Waals surface area contributed by atoms with Crippen LogP contribution in [0.2, 0.25) is 0 Å². The number of hydrogen-bond donors (Lipinski definition) is 0. The van der Waals surface area contributed by atoms with Gasteiger partial charge in [-0.2, -0.15) is 0 Å². The Morgan fingerprint density at radius 1 is 0.198 bits per heavy atom. The van der Waals surface area contributed by atoms with Crippen molar-refractivity contribution in [3.8, 4) is 111 Å². The summed E-state index contributed by atoms with van der Waals surface area (Å²) in [6, 6.07) is 102. The van der Waals surface area contributed by atoms with Gasteiger partial charge in [-0.1, -0.05) is 260 Å². The third-order valence-electron chi connectivity index (χ3n) is 16.2. The van der Waals surface area contributed by atoms with Crippen LogP contribution in [0, 0.1) is 0 Å². The molecule has 0 unspecified atom stereocenters. The van der Waals surface area contributed by atoms with Crippen LogP contribution >= 0.6 is 0 Å². The van der Waals surface area contributed by atoms with Crippen LogP contribution in [0.5, 0.6) is 0 Å². The van der Waals surface area contributed by atoms with E-state index in [-0.39, 0.29) is 10.8 Å². The molecule has 1 nitrogen and oxygen atoms in total. The van der Waals surface area contributed by atoms with Crippen molar-refractivity contribution in [3.63, 3.8) is 0 Å². The van der Waals surface area contributed by atoms with E-state index < -0.39 is 0 Å². The fraction of sp³-hybridized carbons (Fsp3) is 0.100. The van der Waals surface area contributed by atoms with E-state index in [1.54, 1.807) is 0 Å². The molecule has 81 heavy (non-hydrogen) atoms. The van der Waals surface area contributed by atoms with Crippen molar-refractivity contribution in [3.05, 3.63) is 290 Å². The van der Waals surface area contributed by atoms with E-state index in [4.69, 9.17) is 4.42 Å². The molecule has 0 aliphatic rings. The van der Waals surface area contributed by atoms with E-state index in [9.17, 15) is 0 Å². The van der Waals surface area contributed by atoms with Crippen molar-refractivity contribution in [1.29, 1.82) is 0 Å². The van der Waals surface area contributed by atoms with Gasteiger partial charge in [0.25, 0.3) is 0 Å². The van der Waals surface area contributed by atoms with E-state index in [1.807, 2.05) is 0 Å². The van der Waals surface area contributed by atoms with E-state index in [1.165, 1.54) is 66.8 Å². The zero-order chi connectivity index (χ0) is 55.2. The summed E-state index contributed by atoms with van der Waals surface area (Å²) in [5.41, 5.74) is 27.1. The maximum Gasteiger partial charge on any atom is 0.143 e. The number of rotatable bonds is 10. The van der Waals surface area contributed by atoms with Crippen LogP contribution in [-0.2, 0) is 10.8 Å². The fourth-order valence-corrected chi connectivity index (χ4v) is 11.8. The van der Waals surface area contributed by atoms with Crippen LogP contribution in [0.4, 0.5) is 0 Å². The van der Waals surface area contributed by atoms with Gasteiger partial charge in [0, 0.05) is 21.9 Å². The van der Waals surface area contributed by atoms with Crippen LogP contribution < -0.4 is 0 Å². The molecule has 13 aromatic rings. The molecule has 0 saturated heterocycles. The Morgan fingerprint density at radius 2 is 0.420 bits per heavy atom. The molecule has 0 aliphatic heterocycles. The Bertz CT molecular complexity index is 4030. The van der Waals surface area contributed by atoms with Crippen molar-refractivity contribution in [1.82, 2.24) is 0 Å². The molecular weight excluding hydrogens is 977 g/mol. The highest BCUT2D eigenvalue weighted by Gasteiger charge is 2.27. The Balaban J connectivity index is 1.02. The van der Waals surface area contributed by atoms with E-state index in [0.29, 0.717) is 0 Å². The number of furan rings is 1. The molecule has 390 valence electrons. The van der Waals surface area contributed by atoms with Gasteiger partial charge in [0.15, 0.2) is 0 Å².